The molecule has 6 heteroatoms. The van der Waals surface area contributed by atoms with Gasteiger partial charge in [-0.15, -0.1) is 11.3 Å². The van der Waals surface area contributed by atoms with Gasteiger partial charge in [0.1, 0.15) is 0 Å². The number of piperazine rings is 1. The van der Waals surface area contributed by atoms with Crippen molar-refractivity contribution in [2.75, 3.05) is 26.2 Å². The molecule has 1 atom stereocenters. The standard InChI is InChI=1S/C18H24N4OS/c1-14-6-7-16(24-14)13-20-18(23)22-11-9-21(10-12-22)15(2)17-5-3-4-8-19-17/h3-8,15H,9-13H2,1-2H3,(H,20,23)/t15-/m1/s1. The van der Waals surface area contributed by atoms with Crippen molar-refractivity contribution < 1.29 is 4.79 Å². The first-order chi connectivity index (χ1) is 11.6. The molecule has 1 fully saturated rings. The molecule has 1 saturated heterocycles. The highest BCUT2D eigenvalue weighted by atomic mass is 32.1. The number of pyridine rings is 1. The molecule has 1 N–H and O–H groups in total. The summed E-state index contributed by atoms with van der Waals surface area (Å²) in [6.07, 6.45) is 1.84. The van der Waals surface area contributed by atoms with E-state index in [9.17, 15) is 4.79 Å². The molecule has 128 valence electrons. The summed E-state index contributed by atoms with van der Waals surface area (Å²) in [5.41, 5.74) is 1.09. The van der Waals surface area contributed by atoms with E-state index in [1.807, 2.05) is 23.2 Å². The Bertz CT molecular complexity index is 665. The van der Waals surface area contributed by atoms with Crippen molar-refractivity contribution in [2.24, 2.45) is 0 Å². The van der Waals surface area contributed by atoms with Crippen LogP contribution < -0.4 is 5.32 Å². The van der Waals surface area contributed by atoms with E-state index in [0.717, 1.165) is 31.9 Å². The van der Waals surface area contributed by atoms with Crippen molar-refractivity contribution in [2.45, 2.75) is 26.4 Å². The average molecular weight is 344 g/mol. The van der Waals surface area contributed by atoms with E-state index in [1.165, 1.54) is 9.75 Å². The maximum Gasteiger partial charge on any atom is 0.317 e. The van der Waals surface area contributed by atoms with Gasteiger partial charge in [0.15, 0.2) is 0 Å². The Labute approximate surface area is 147 Å². The normalized spacial score (nSPS) is 16.8. The van der Waals surface area contributed by atoms with Crippen LogP contribution in [0.3, 0.4) is 0 Å². The number of carbonyl (C=O) groups excluding carboxylic acids is 1. The largest absolute Gasteiger partial charge is 0.333 e. The third-order valence-corrected chi connectivity index (χ3v) is 5.48. The summed E-state index contributed by atoms with van der Waals surface area (Å²) < 4.78 is 0. The highest BCUT2D eigenvalue weighted by molar-refractivity contribution is 7.11. The third kappa shape index (κ3) is 4.13. The van der Waals surface area contributed by atoms with E-state index in [2.05, 4.69) is 47.2 Å². The van der Waals surface area contributed by atoms with E-state index in [0.29, 0.717) is 6.54 Å². The molecule has 2 aromatic rings. The fourth-order valence-electron chi connectivity index (χ4n) is 2.98. The highest BCUT2D eigenvalue weighted by Gasteiger charge is 2.25. The molecular weight excluding hydrogens is 320 g/mol. The second-order valence-electron chi connectivity index (χ2n) is 6.12. The van der Waals surface area contributed by atoms with Crippen molar-refractivity contribution in [3.8, 4) is 0 Å². The average Bonchev–Trinajstić information content (AvgIpc) is 3.05. The minimum atomic E-state index is 0.0335. The Morgan fingerprint density at radius 1 is 1.25 bits per heavy atom. The number of nitrogens with one attached hydrogen (secondary N) is 1. The van der Waals surface area contributed by atoms with Crippen LogP contribution >= 0.6 is 11.3 Å². The van der Waals surface area contributed by atoms with Crippen LogP contribution in [-0.4, -0.2) is 47.0 Å². The third-order valence-electron chi connectivity index (χ3n) is 4.47. The molecule has 0 spiro atoms. The van der Waals surface area contributed by atoms with Gasteiger partial charge in [0, 0.05) is 48.2 Å². The summed E-state index contributed by atoms with van der Waals surface area (Å²) in [4.78, 5) is 23.5. The van der Waals surface area contributed by atoms with Gasteiger partial charge in [-0.2, -0.15) is 0 Å². The number of amides is 2. The number of rotatable bonds is 4. The number of hydrogen-bond donors (Lipinski definition) is 1. The first kappa shape index (κ1) is 16.9. The predicted octanol–water partition coefficient (Wildman–Crippen LogP) is 3.04. The van der Waals surface area contributed by atoms with Crippen LogP contribution in [-0.2, 0) is 6.54 Å². The Morgan fingerprint density at radius 3 is 2.67 bits per heavy atom. The summed E-state index contributed by atoms with van der Waals surface area (Å²) in [5, 5.41) is 3.02. The van der Waals surface area contributed by atoms with Crippen molar-refractivity contribution >= 4 is 17.4 Å². The fraction of sp³-hybridized carbons (Fsp3) is 0.444. The first-order valence-corrected chi connectivity index (χ1v) is 9.18. The lowest BCUT2D eigenvalue weighted by atomic mass is 10.1. The van der Waals surface area contributed by atoms with Gasteiger partial charge in [-0.25, -0.2) is 4.79 Å². The smallest absolute Gasteiger partial charge is 0.317 e. The molecule has 2 amide bonds. The Morgan fingerprint density at radius 2 is 2.04 bits per heavy atom. The zero-order valence-electron chi connectivity index (χ0n) is 14.2. The van der Waals surface area contributed by atoms with Gasteiger partial charge in [0.2, 0.25) is 0 Å². The molecular formula is C18H24N4OS. The molecule has 0 aromatic carbocycles. The lowest BCUT2D eigenvalue weighted by molar-refractivity contribution is 0.112. The molecule has 0 saturated carbocycles. The van der Waals surface area contributed by atoms with Crippen LogP contribution in [0.4, 0.5) is 4.79 Å². The van der Waals surface area contributed by atoms with Crippen LogP contribution in [0.1, 0.15) is 28.4 Å². The molecule has 5 nitrogen and oxygen atoms in total. The van der Waals surface area contributed by atoms with Gasteiger partial charge in [-0.3, -0.25) is 9.88 Å². The SMILES string of the molecule is Cc1ccc(CNC(=O)N2CCN([C@H](C)c3ccccn3)CC2)s1. The Hall–Kier alpha value is -1.92. The van der Waals surface area contributed by atoms with E-state index in [-0.39, 0.29) is 12.1 Å². The van der Waals surface area contributed by atoms with E-state index in [1.54, 1.807) is 11.3 Å². The van der Waals surface area contributed by atoms with E-state index in [4.69, 9.17) is 0 Å². The number of urea groups is 1. The number of carbonyl (C=O) groups is 1. The van der Waals surface area contributed by atoms with Crippen LogP contribution in [0.5, 0.6) is 0 Å². The molecule has 2 aromatic heterocycles. The van der Waals surface area contributed by atoms with Gasteiger partial charge in [-0.1, -0.05) is 6.07 Å². The zero-order valence-corrected chi connectivity index (χ0v) is 15.1. The molecule has 24 heavy (non-hydrogen) atoms. The predicted molar refractivity (Wildman–Crippen MR) is 97.1 cm³/mol. The van der Waals surface area contributed by atoms with E-state index >= 15 is 0 Å². The molecule has 0 aliphatic carbocycles. The summed E-state index contributed by atoms with van der Waals surface area (Å²) in [5.74, 6) is 0. The molecule has 1 aliphatic heterocycles. The lowest BCUT2D eigenvalue weighted by Gasteiger charge is -2.37. The van der Waals surface area contributed by atoms with Crippen molar-refractivity contribution in [1.29, 1.82) is 0 Å². The van der Waals surface area contributed by atoms with Gasteiger partial charge in [-0.05, 0) is 38.1 Å². The van der Waals surface area contributed by atoms with Gasteiger partial charge in [0.05, 0.1) is 12.2 Å². The van der Waals surface area contributed by atoms with Gasteiger partial charge >= 0.3 is 6.03 Å². The monoisotopic (exact) mass is 344 g/mol. The quantitative estimate of drug-likeness (QED) is 0.927. The summed E-state index contributed by atoms with van der Waals surface area (Å²) in [6.45, 7) is 8.14. The number of thiophene rings is 1. The molecule has 3 heterocycles. The first-order valence-electron chi connectivity index (χ1n) is 8.36. The summed E-state index contributed by atoms with van der Waals surface area (Å²) in [7, 11) is 0. The van der Waals surface area contributed by atoms with Crippen LogP contribution in [0.25, 0.3) is 0 Å². The number of nitrogens with zero attached hydrogens (tertiary/aromatic N) is 3. The fourth-order valence-corrected chi connectivity index (χ4v) is 3.81. The second-order valence-corrected chi connectivity index (χ2v) is 7.50. The van der Waals surface area contributed by atoms with E-state index < -0.39 is 0 Å². The molecule has 3 rings (SSSR count). The molecule has 0 unspecified atom stereocenters. The zero-order chi connectivity index (χ0) is 16.9. The van der Waals surface area contributed by atoms with Gasteiger partial charge < -0.3 is 10.2 Å². The second kappa shape index (κ2) is 7.77. The minimum absolute atomic E-state index is 0.0335. The topological polar surface area (TPSA) is 48.5 Å². The molecule has 0 bridgehead atoms. The Balaban J connectivity index is 1.47. The Kier molecular flexibility index (Phi) is 5.48. The summed E-state index contributed by atoms with van der Waals surface area (Å²) >= 11 is 1.73. The van der Waals surface area contributed by atoms with Crippen LogP contribution in [0.15, 0.2) is 36.5 Å². The maximum absolute atomic E-state index is 12.3. The van der Waals surface area contributed by atoms with Crippen molar-refractivity contribution in [3.05, 3.63) is 52.0 Å². The van der Waals surface area contributed by atoms with Crippen molar-refractivity contribution in [3.63, 3.8) is 0 Å². The maximum atomic E-state index is 12.3. The minimum Gasteiger partial charge on any atom is -0.333 e. The number of aromatic nitrogens is 1. The van der Waals surface area contributed by atoms with Crippen molar-refractivity contribution in [1.82, 2.24) is 20.1 Å². The number of hydrogen-bond acceptors (Lipinski definition) is 4. The number of aryl methyl sites for hydroxylation is 1. The highest BCUT2D eigenvalue weighted by Crippen LogP contribution is 2.19. The van der Waals surface area contributed by atoms with Crippen LogP contribution in [0, 0.1) is 6.92 Å². The lowest BCUT2D eigenvalue weighted by Crippen LogP contribution is -2.52. The van der Waals surface area contributed by atoms with Gasteiger partial charge in [0.25, 0.3) is 0 Å². The molecule has 1 aliphatic rings. The molecule has 0 radical (unpaired) electrons. The van der Waals surface area contributed by atoms with Crippen LogP contribution in [0.2, 0.25) is 0 Å². The summed E-state index contributed by atoms with van der Waals surface area (Å²) in [6, 6.07) is 10.5.